The van der Waals surface area contributed by atoms with Crippen molar-refractivity contribution in [3.63, 3.8) is 0 Å². The molecule has 0 aliphatic carbocycles. The summed E-state index contributed by atoms with van der Waals surface area (Å²) in [7, 11) is 0. The smallest absolute Gasteiger partial charge is 0.150 e. The molecule has 0 heterocycles. The highest BCUT2D eigenvalue weighted by Crippen LogP contribution is 2.24. The van der Waals surface area contributed by atoms with Crippen molar-refractivity contribution >= 4 is 6.29 Å². The summed E-state index contributed by atoms with van der Waals surface area (Å²) < 4.78 is 10.9. The van der Waals surface area contributed by atoms with Gasteiger partial charge in [-0.1, -0.05) is 0 Å². The highest BCUT2D eigenvalue weighted by molar-refractivity contribution is 5.76. The van der Waals surface area contributed by atoms with E-state index in [1.165, 1.54) is 0 Å². The molecule has 1 aromatic rings. The second-order valence-corrected chi connectivity index (χ2v) is 4.95. The van der Waals surface area contributed by atoms with Gasteiger partial charge in [-0.15, -0.1) is 0 Å². The van der Waals surface area contributed by atoms with Crippen molar-refractivity contribution in [2.45, 2.75) is 39.9 Å². The predicted octanol–water partition coefficient (Wildman–Crippen LogP) is 2.28. The van der Waals surface area contributed by atoms with Gasteiger partial charge in [-0.2, -0.15) is 0 Å². The largest absolute Gasteiger partial charge is 0.490 e. The van der Waals surface area contributed by atoms with Crippen molar-refractivity contribution in [1.82, 2.24) is 0 Å². The van der Waals surface area contributed by atoms with Crippen LogP contribution in [0.3, 0.4) is 0 Å². The number of carbonyl (C=O) groups is 1. The van der Waals surface area contributed by atoms with Gasteiger partial charge in [-0.05, 0) is 51.0 Å². The zero-order valence-electron chi connectivity index (χ0n) is 12.0. The van der Waals surface area contributed by atoms with Crippen LogP contribution in [0.4, 0.5) is 0 Å². The Morgan fingerprint density at radius 1 is 1.21 bits per heavy atom. The molecule has 0 amide bonds. The van der Waals surface area contributed by atoms with Crippen LogP contribution in [-0.4, -0.2) is 36.8 Å². The van der Waals surface area contributed by atoms with Gasteiger partial charge in [0.05, 0.1) is 12.7 Å². The molecular formula is C15H22O4. The van der Waals surface area contributed by atoms with E-state index >= 15 is 0 Å². The second kappa shape index (κ2) is 7.26. The van der Waals surface area contributed by atoms with Crippen LogP contribution in [0, 0.1) is 13.8 Å². The Bertz CT molecular complexity index is 403. The fourth-order valence-electron chi connectivity index (χ4n) is 1.81. The van der Waals surface area contributed by atoms with E-state index in [0.717, 1.165) is 17.4 Å². The van der Waals surface area contributed by atoms with E-state index in [-0.39, 0.29) is 19.3 Å². The van der Waals surface area contributed by atoms with Crippen molar-refractivity contribution in [3.8, 4) is 5.75 Å². The standard InChI is InChI=1S/C15H22O4/c1-10(2)18-8-14(17)9-19-15-11(3)5-13(7-16)6-12(15)4/h5-7,10,14,17H,8-9H2,1-4H3. The first kappa shape index (κ1) is 15.7. The van der Waals surface area contributed by atoms with Crippen LogP contribution in [-0.2, 0) is 4.74 Å². The molecular weight excluding hydrogens is 244 g/mol. The van der Waals surface area contributed by atoms with Gasteiger partial charge < -0.3 is 14.6 Å². The molecule has 1 N–H and O–H groups in total. The number of aliphatic hydroxyl groups excluding tert-OH is 1. The minimum Gasteiger partial charge on any atom is -0.490 e. The quantitative estimate of drug-likeness (QED) is 0.769. The summed E-state index contributed by atoms with van der Waals surface area (Å²) in [5.41, 5.74) is 2.41. The van der Waals surface area contributed by atoms with Crippen molar-refractivity contribution in [2.75, 3.05) is 13.2 Å². The van der Waals surface area contributed by atoms with Crippen LogP contribution in [0.25, 0.3) is 0 Å². The number of aliphatic hydroxyl groups is 1. The van der Waals surface area contributed by atoms with E-state index in [1.54, 1.807) is 12.1 Å². The Morgan fingerprint density at radius 3 is 2.26 bits per heavy atom. The number of rotatable bonds is 7. The zero-order chi connectivity index (χ0) is 14.4. The number of hydrogen-bond donors (Lipinski definition) is 1. The molecule has 19 heavy (non-hydrogen) atoms. The molecule has 0 aliphatic heterocycles. The topological polar surface area (TPSA) is 55.8 Å². The lowest BCUT2D eigenvalue weighted by Crippen LogP contribution is -2.25. The Hall–Kier alpha value is -1.39. The molecule has 0 bridgehead atoms. The first-order valence-corrected chi connectivity index (χ1v) is 6.43. The van der Waals surface area contributed by atoms with E-state index in [4.69, 9.17) is 9.47 Å². The van der Waals surface area contributed by atoms with E-state index in [2.05, 4.69) is 0 Å². The Kier molecular flexibility index (Phi) is 5.99. The summed E-state index contributed by atoms with van der Waals surface area (Å²) in [5.74, 6) is 0.717. The lowest BCUT2D eigenvalue weighted by Gasteiger charge is -2.17. The molecule has 106 valence electrons. The van der Waals surface area contributed by atoms with Crippen LogP contribution >= 0.6 is 0 Å². The second-order valence-electron chi connectivity index (χ2n) is 4.95. The molecule has 1 atom stereocenters. The maximum absolute atomic E-state index is 10.7. The number of ether oxygens (including phenoxy) is 2. The summed E-state index contributed by atoms with van der Waals surface area (Å²) >= 11 is 0. The van der Waals surface area contributed by atoms with Gasteiger partial charge >= 0.3 is 0 Å². The highest BCUT2D eigenvalue weighted by atomic mass is 16.5. The molecule has 1 unspecified atom stereocenters. The first-order chi connectivity index (χ1) is 8.93. The monoisotopic (exact) mass is 266 g/mol. The molecule has 1 rings (SSSR count). The van der Waals surface area contributed by atoms with Gasteiger partial charge in [0.25, 0.3) is 0 Å². The van der Waals surface area contributed by atoms with Gasteiger partial charge in [-0.3, -0.25) is 4.79 Å². The lowest BCUT2D eigenvalue weighted by atomic mass is 10.1. The van der Waals surface area contributed by atoms with Gasteiger partial charge in [0, 0.05) is 5.56 Å². The number of hydrogen-bond acceptors (Lipinski definition) is 4. The van der Waals surface area contributed by atoms with Crippen LogP contribution in [0.15, 0.2) is 12.1 Å². The van der Waals surface area contributed by atoms with Gasteiger partial charge in [0.2, 0.25) is 0 Å². The predicted molar refractivity (Wildman–Crippen MR) is 73.9 cm³/mol. The van der Waals surface area contributed by atoms with Crippen LogP contribution in [0.2, 0.25) is 0 Å². The molecule has 0 spiro atoms. The third-order valence-corrected chi connectivity index (χ3v) is 2.66. The van der Waals surface area contributed by atoms with Crippen LogP contribution < -0.4 is 4.74 Å². The first-order valence-electron chi connectivity index (χ1n) is 6.43. The summed E-state index contributed by atoms with van der Waals surface area (Å²) in [6, 6.07) is 3.54. The minimum absolute atomic E-state index is 0.0880. The average Bonchev–Trinajstić information content (AvgIpc) is 2.34. The fraction of sp³-hybridized carbons (Fsp3) is 0.533. The summed E-state index contributed by atoms with van der Waals surface area (Å²) in [6.45, 7) is 8.02. The third kappa shape index (κ3) is 5.01. The lowest BCUT2D eigenvalue weighted by molar-refractivity contribution is -0.0124. The number of carbonyl (C=O) groups excluding carboxylic acids is 1. The maximum Gasteiger partial charge on any atom is 0.150 e. The van der Waals surface area contributed by atoms with E-state index < -0.39 is 6.10 Å². The van der Waals surface area contributed by atoms with Crippen LogP contribution in [0.1, 0.15) is 35.3 Å². The third-order valence-electron chi connectivity index (χ3n) is 2.66. The maximum atomic E-state index is 10.7. The number of benzene rings is 1. The highest BCUT2D eigenvalue weighted by Gasteiger charge is 2.10. The molecule has 0 aliphatic rings. The number of aldehydes is 1. The summed E-state index contributed by atoms with van der Waals surface area (Å²) in [5, 5.41) is 9.74. The summed E-state index contributed by atoms with van der Waals surface area (Å²) in [6.07, 6.45) is 0.242. The molecule has 0 saturated heterocycles. The Labute approximate surface area is 114 Å². The molecule has 0 aromatic heterocycles. The molecule has 0 saturated carbocycles. The van der Waals surface area contributed by atoms with E-state index in [0.29, 0.717) is 11.3 Å². The molecule has 1 aromatic carbocycles. The number of aryl methyl sites for hydroxylation is 2. The fourth-order valence-corrected chi connectivity index (χ4v) is 1.81. The molecule has 0 radical (unpaired) electrons. The summed E-state index contributed by atoms with van der Waals surface area (Å²) in [4.78, 5) is 10.7. The van der Waals surface area contributed by atoms with Crippen molar-refractivity contribution in [2.24, 2.45) is 0 Å². The molecule has 0 fully saturated rings. The van der Waals surface area contributed by atoms with Crippen LogP contribution in [0.5, 0.6) is 5.75 Å². The van der Waals surface area contributed by atoms with Gasteiger partial charge in [-0.25, -0.2) is 0 Å². The van der Waals surface area contributed by atoms with E-state index in [1.807, 2.05) is 27.7 Å². The normalized spacial score (nSPS) is 12.5. The Balaban J connectivity index is 2.60. The minimum atomic E-state index is -0.660. The van der Waals surface area contributed by atoms with Crippen molar-refractivity contribution in [1.29, 1.82) is 0 Å². The van der Waals surface area contributed by atoms with Crippen molar-refractivity contribution < 1.29 is 19.4 Å². The SMILES string of the molecule is Cc1cc(C=O)cc(C)c1OCC(O)COC(C)C. The Morgan fingerprint density at radius 2 is 1.79 bits per heavy atom. The van der Waals surface area contributed by atoms with E-state index in [9.17, 15) is 9.90 Å². The van der Waals surface area contributed by atoms with Gasteiger partial charge in [0.1, 0.15) is 24.7 Å². The molecule has 4 nitrogen and oxygen atoms in total. The van der Waals surface area contributed by atoms with Gasteiger partial charge in [0.15, 0.2) is 0 Å². The molecule has 4 heteroatoms. The van der Waals surface area contributed by atoms with Crippen molar-refractivity contribution in [3.05, 3.63) is 28.8 Å². The zero-order valence-corrected chi connectivity index (χ0v) is 12.0. The average molecular weight is 266 g/mol.